The molecule has 23 heavy (non-hydrogen) atoms. The molecule has 116 valence electrons. The minimum absolute atomic E-state index is 0.159. The molecule has 0 heterocycles. The maximum atomic E-state index is 12.3. The van der Waals surface area contributed by atoms with Gasteiger partial charge in [-0.2, -0.15) is 0 Å². The van der Waals surface area contributed by atoms with Crippen molar-refractivity contribution in [2.75, 3.05) is 0 Å². The topological polar surface area (TPSA) is 43.4 Å². The van der Waals surface area contributed by atoms with Crippen molar-refractivity contribution < 1.29 is 14.3 Å². The van der Waals surface area contributed by atoms with Crippen LogP contribution in [-0.2, 0) is 0 Å². The lowest BCUT2D eigenvalue weighted by Crippen LogP contribution is -2.09. The average molecular weight is 306 g/mol. The molecule has 0 N–H and O–H groups in total. The van der Waals surface area contributed by atoms with Crippen LogP contribution < -0.4 is 4.74 Å². The summed E-state index contributed by atoms with van der Waals surface area (Å²) in [6.07, 6.45) is 2.75. The quantitative estimate of drug-likeness (QED) is 0.624. The standard InChI is InChI=1S/C20H18O3/c1-3-13(2)23-15-10-8-14(9-11-15)12-18-19(21)16-6-4-5-7-17(16)20(18)22/h4-13H,3H2,1-2H3. The Hall–Kier alpha value is -2.68. The van der Waals surface area contributed by atoms with Crippen LogP contribution in [0, 0.1) is 0 Å². The third-order valence-corrected chi connectivity index (χ3v) is 4.01. The summed E-state index contributed by atoms with van der Waals surface area (Å²) >= 11 is 0. The van der Waals surface area contributed by atoms with Gasteiger partial charge in [-0.15, -0.1) is 0 Å². The number of ketones is 2. The van der Waals surface area contributed by atoms with E-state index in [4.69, 9.17) is 4.74 Å². The summed E-state index contributed by atoms with van der Waals surface area (Å²) in [4.78, 5) is 24.7. The van der Waals surface area contributed by atoms with E-state index in [1.54, 1.807) is 30.3 Å². The highest BCUT2D eigenvalue weighted by Gasteiger charge is 2.32. The zero-order chi connectivity index (χ0) is 16.4. The van der Waals surface area contributed by atoms with E-state index in [1.165, 1.54) is 0 Å². The SMILES string of the molecule is CCC(C)Oc1ccc(C=C2C(=O)c3ccccc3C2=O)cc1. The van der Waals surface area contributed by atoms with Gasteiger partial charge in [-0.05, 0) is 37.1 Å². The monoisotopic (exact) mass is 306 g/mol. The number of Topliss-reactive ketones (excluding diaryl/α,β-unsaturated/α-hetero) is 2. The van der Waals surface area contributed by atoms with Crippen LogP contribution >= 0.6 is 0 Å². The fourth-order valence-electron chi connectivity index (χ4n) is 2.53. The smallest absolute Gasteiger partial charge is 0.197 e. The van der Waals surface area contributed by atoms with Gasteiger partial charge in [-0.1, -0.05) is 43.3 Å². The molecule has 0 aliphatic heterocycles. The van der Waals surface area contributed by atoms with Crippen LogP contribution in [0.1, 0.15) is 46.5 Å². The Labute approximate surface area is 135 Å². The minimum atomic E-state index is -0.203. The van der Waals surface area contributed by atoms with E-state index in [0.29, 0.717) is 11.1 Å². The molecular weight excluding hydrogens is 288 g/mol. The number of carbonyl (C=O) groups is 2. The highest BCUT2D eigenvalue weighted by molar-refractivity contribution is 6.41. The van der Waals surface area contributed by atoms with Crippen LogP contribution in [0.15, 0.2) is 54.1 Å². The second-order valence-corrected chi connectivity index (χ2v) is 5.67. The largest absolute Gasteiger partial charge is 0.491 e. The third-order valence-electron chi connectivity index (χ3n) is 4.01. The molecule has 3 nitrogen and oxygen atoms in total. The van der Waals surface area contributed by atoms with E-state index in [1.807, 2.05) is 31.2 Å². The lowest BCUT2D eigenvalue weighted by atomic mass is 10.1. The molecule has 0 bridgehead atoms. The molecule has 1 unspecified atom stereocenters. The number of hydrogen-bond acceptors (Lipinski definition) is 3. The van der Waals surface area contributed by atoms with Gasteiger partial charge in [0.15, 0.2) is 11.6 Å². The van der Waals surface area contributed by atoms with Gasteiger partial charge in [0, 0.05) is 11.1 Å². The molecule has 0 aromatic heterocycles. The Bertz CT molecular complexity index is 748. The van der Waals surface area contributed by atoms with Gasteiger partial charge in [-0.25, -0.2) is 0 Å². The van der Waals surface area contributed by atoms with Gasteiger partial charge in [-0.3, -0.25) is 9.59 Å². The highest BCUT2D eigenvalue weighted by atomic mass is 16.5. The number of ether oxygens (including phenoxy) is 1. The number of rotatable bonds is 4. The molecule has 0 saturated heterocycles. The first-order valence-electron chi connectivity index (χ1n) is 7.77. The van der Waals surface area contributed by atoms with Crippen LogP contribution in [0.4, 0.5) is 0 Å². The Balaban J connectivity index is 1.86. The molecule has 2 aromatic rings. The summed E-state index contributed by atoms with van der Waals surface area (Å²) in [5.74, 6) is 0.380. The average Bonchev–Trinajstić information content (AvgIpc) is 2.82. The molecule has 0 amide bonds. The number of benzene rings is 2. The molecule has 2 aromatic carbocycles. The highest BCUT2D eigenvalue weighted by Crippen LogP contribution is 2.28. The van der Waals surface area contributed by atoms with E-state index in [-0.39, 0.29) is 23.2 Å². The second kappa shape index (κ2) is 6.21. The normalized spacial score (nSPS) is 14.6. The van der Waals surface area contributed by atoms with E-state index in [2.05, 4.69) is 6.92 Å². The molecule has 0 fully saturated rings. The zero-order valence-electron chi connectivity index (χ0n) is 13.2. The first-order valence-corrected chi connectivity index (χ1v) is 7.77. The second-order valence-electron chi connectivity index (χ2n) is 5.67. The van der Waals surface area contributed by atoms with Crippen molar-refractivity contribution in [3.8, 4) is 5.75 Å². The van der Waals surface area contributed by atoms with Gasteiger partial charge in [0.05, 0.1) is 11.7 Å². The van der Waals surface area contributed by atoms with Crippen LogP contribution in [0.25, 0.3) is 6.08 Å². The van der Waals surface area contributed by atoms with Crippen molar-refractivity contribution in [1.82, 2.24) is 0 Å². The summed E-state index contributed by atoms with van der Waals surface area (Å²) in [6, 6.07) is 14.4. The number of fused-ring (bicyclic) bond motifs is 1. The predicted octanol–water partition coefficient (Wildman–Crippen LogP) is 4.33. The molecule has 0 radical (unpaired) electrons. The number of carbonyl (C=O) groups excluding carboxylic acids is 2. The first-order chi connectivity index (χ1) is 11.1. The van der Waals surface area contributed by atoms with Crippen molar-refractivity contribution in [1.29, 1.82) is 0 Å². The molecule has 1 aliphatic carbocycles. The Kier molecular flexibility index (Phi) is 4.11. The van der Waals surface area contributed by atoms with E-state index >= 15 is 0 Å². The maximum absolute atomic E-state index is 12.3. The van der Waals surface area contributed by atoms with Crippen molar-refractivity contribution in [3.63, 3.8) is 0 Å². The summed E-state index contributed by atoms with van der Waals surface area (Å²) in [7, 11) is 0. The Morgan fingerprint density at radius 2 is 1.52 bits per heavy atom. The molecule has 0 spiro atoms. The molecule has 3 rings (SSSR count). The zero-order valence-corrected chi connectivity index (χ0v) is 13.2. The summed E-state index contributed by atoms with van der Waals surface area (Å²) in [5.41, 5.74) is 2.01. The molecule has 3 heteroatoms. The van der Waals surface area contributed by atoms with Crippen molar-refractivity contribution >= 4 is 17.6 Å². The first kappa shape index (κ1) is 15.2. The van der Waals surface area contributed by atoms with Gasteiger partial charge >= 0.3 is 0 Å². The minimum Gasteiger partial charge on any atom is -0.491 e. The van der Waals surface area contributed by atoms with Gasteiger partial charge < -0.3 is 4.74 Å². The van der Waals surface area contributed by atoms with E-state index < -0.39 is 0 Å². The third kappa shape index (κ3) is 2.95. The van der Waals surface area contributed by atoms with Gasteiger partial charge in [0.1, 0.15) is 5.75 Å². The molecule has 1 atom stereocenters. The maximum Gasteiger partial charge on any atom is 0.197 e. The van der Waals surface area contributed by atoms with E-state index in [0.717, 1.165) is 17.7 Å². The molecule has 1 aliphatic rings. The van der Waals surface area contributed by atoms with Crippen LogP contribution in [0.2, 0.25) is 0 Å². The number of allylic oxidation sites excluding steroid dienone is 1. The predicted molar refractivity (Wildman–Crippen MR) is 89.9 cm³/mol. The van der Waals surface area contributed by atoms with Gasteiger partial charge in [0.25, 0.3) is 0 Å². The van der Waals surface area contributed by atoms with Crippen molar-refractivity contribution in [2.45, 2.75) is 26.4 Å². The molecular formula is C20H18O3. The molecule has 0 saturated carbocycles. The van der Waals surface area contributed by atoms with Crippen molar-refractivity contribution in [2.24, 2.45) is 0 Å². The van der Waals surface area contributed by atoms with Gasteiger partial charge in [0.2, 0.25) is 0 Å². The summed E-state index contributed by atoms with van der Waals surface area (Å²) in [5, 5.41) is 0. The fraction of sp³-hybridized carbons (Fsp3) is 0.200. The lowest BCUT2D eigenvalue weighted by molar-refractivity contribution is 0.0990. The summed E-state index contributed by atoms with van der Waals surface area (Å²) < 4.78 is 5.73. The summed E-state index contributed by atoms with van der Waals surface area (Å²) in [6.45, 7) is 4.08. The fourth-order valence-corrected chi connectivity index (χ4v) is 2.53. The van der Waals surface area contributed by atoms with Crippen LogP contribution in [0.3, 0.4) is 0 Å². The lowest BCUT2D eigenvalue weighted by Gasteiger charge is -2.12. The van der Waals surface area contributed by atoms with Crippen LogP contribution in [0.5, 0.6) is 5.75 Å². The van der Waals surface area contributed by atoms with Crippen molar-refractivity contribution in [3.05, 3.63) is 70.8 Å². The Morgan fingerprint density at radius 1 is 0.957 bits per heavy atom. The van der Waals surface area contributed by atoms with E-state index in [9.17, 15) is 9.59 Å². The number of hydrogen-bond donors (Lipinski definition) is 0. The van der Waals surface area contributed by atoms with Crippen LogP contribution in [-0.4, -0.2) is 17.7 Å². The Morgan fingerprint density at radius 3 is 2.04 bits per heavy atom.